The number of aliphatic hydroxyl groups is 1. The highest BCUT2D eigenvalue weighted by Crippen LogP contribution is 2.60. The van der Waals surface area contributed by atoms with Crippen molar-refractivity contribution < 1.29 is 9.90 Å². The first-order valence-electron chi connectivity index (χ1n) is 8.35. The Morgan fingerprint density at radius 2 is 2.04 bits per heavy atom. The molecule has 5 nitrogen and oxygen atoms in total. The lowest BCUT2D eigenvalue weighted by Gasteiger charge is -2.28. The maximum absolute atomic E-state index is 12.2. The fourth-order valence-corrected chi connectivity index (χ4v) is 4.29. The molecule has 1 heterocycles. The van der Waals surface area contributed by atoms with E-state index in [-0.39, 0.29) is 17.4 Å². The van der Waals surface area contributed by atoms with Gasteiger partial charge in [-0.1, -0.05) is 32.4 Å². The number of aromatic amines is 1. The number of carbonyl (C=O) groups is 1. The Bertz CT molecular complexity index is 811. The van der Waals surface area contributed by atoms with Crippen molar-refractivity contribution in [2.75, 3.05) is 0 Å². The third-order valence-electron chi connectivity index (χ3n) is 5.48. The summed E-state index contributed by atoms with van der Waals surface area (Å²) in [5.41, 5.74) is 0.393. The zero-order chi connectivity index (χ0) is 17.3. The van der Waals surface area contributed by atoms with Gasteiger partial charge in [-0.15, -0.1) is 0 Å². The minimum atomic E-state index is -0.898. The number of aromatic nitrogens is 2. The third-order valence-corrected chi connectivity index (χ3v) is 5.70. The molecule has 0 radical (unpaired) electrons. The first kappa shape index (κ1) is 15.9. The number of hydrogen-bond acceptors (Lipinski definition) is 3. The van der Waals surface area contributed by atoms with Crippen LogP contribution in [0.2, 0.25) is 5.02 Å². The molecule has 4 rings (SSSR count). The molecule has 1 aromatic heterocycles. The van der Waals surface area contributed by atoms with Gasteiger partial charge in [0.25, 0.3) is 0 Å². The molecular weight excluding hydrogens is 326 g/mol. The van der Waals surface area contributed by atoms with E-state index in [4.69, 9.17) is 11.6 Å². The maximum Gasteiger partial charge on any atom is 0.225 e. The summed E-state index contributed by atoms with van der Waals surface area (Å²) in [6.07, 6.45) is 3.03. The van der Waals surface area contributed by atoms with Crippen LogP contribution in [0.5, 0.6) is 0 Å². The van der Waals surface area contributed by atoms with Crippen LogP contribution in [0, 0.1) is 17.3 Å². The highest BCUT2D eigenvalue weighted by Gasteiger charge is 2.62. The number of benzene rings is 1. The number of carbonyl (C=O) groups excluding carboxylic acids is 1. The molecule has 2 aliphatic rings. The molecule has 0 spiro atoms. The molecule has 2 saturated carbocycles. The van der Waals surface area contributed by atoms with Crippen molar-refractivity contribution in [2.24, 2.45) is 17.3 Å². The van der Waals surface area contributed by atoms with Crippen LogP contribution in [-0.2, 0) is 10.4 Å². The van der Waals surface area contributed by atoms with Gasteiger partial charge in [-0.3, -0.25) is 9.89 Å². The van der Waals surface area contributed by atoms with Crippen molar-refractivity contribution in [3.05, 3.63) is 28.9 Å². The molecule has 0 unspecified atom stereocenters. The van der Waals surface area contributed by atoms with Crippen LogP contribution in [0.25, 0.3) is 10.9 Å². The quantitative estimate of drug-likeness (QED) is 0.781. The molecule has 2 aliphatic carbocycles. The van der Waals surface area contributed by atoms with Crippen LogP contribution in [0.4, 0.5) is 0 Å². The fraction of sp³-hybridized carbons (Fsp3) is 0.556. The number of nitrogens with zero attached hydrogens (tertiary/aromatic N) is 1. The van der Waals surface area contributed by atoms with Crippen LogP contribution < -0.4 is 5.32 Å². The molecule has 6 heteroatoms. The van der Waals surface area contributed by atoms with Gasteiger partial charge in [-0.05, 0) is 42.4 Å². The zero-order valence-corrected chi connectivity index (χ0v) is 14.8. The maximum atomic E-state index is 12.2. The van der Waals surface area contributed by atoms with E-state index < -0.39 is 5.60 Å². The number of hydrogen-bond donors (Lipinski definition) is 3. The minimum absolute atomic E-state index is 0.0745. The highest BCUT2D eigenvalue weighted by molar-refractivity contribution is 6.31. The van der Waals surface area contributed by atoms with E-state index in [1.807, 2.05) is 32.9 Å². The summed E-state index contributed by atoms with van der Waals surface area (Å²) >= 11 is 6.20. The summed E-state index contributed by atoms with van der Waals surface area (Å²) in [5.74, 6) is 0.745. The van der Waals surface area contributed by atoms with E-state index in [0.717, 1.165) is 16.5 Å². The van der Waals surface area contributed by atoms with Crippen molar-refractivity contribution in [2.45, 2.75) is 45.3 Å². The second kappa shape index (κ2) is 4.96. The predicted octanol–water partition coefficient (Wildman–Crippen LogP) is 2.97. The van der Waals surface area contributed by atoms with E-state index in [0.29, 0.717) is 29.7 Å². The summed E-state index contributed by atoms with van der Waals surface area (Å²) in [4.78, 5) is 12.2. The summed E-state index contributed by atoms with van der Waals surface area (Å²) in [6.45, 7) is 5.75. The molecule has 2 fully saturated rings. The number of rotatable bonds is 2. The Hall–Kier alpha value is -1.59. The fourth-order valence-electron chi connectivity index (χ4n) is 4.07. The molecule has 0 saturated heterocycles. The van der Waals surface area contributed by atoms with Crippen LogP contribution in [0.15, 0.2) is 18.3 Å². The van der Waals surface area contributed by atoms with Crippen molar-refractivity contribution in [1.29, 1.82) is 0 Å². The Labute approximate surface area is 145 Å². The van der Waals surface area contributed by atoms with Gasteiger partial charge in [-0.25, -0.2) is 0 Å². The molecule has 0 bridgehead atoms. The third kappa shape index (κ3) is 2.42. The summed E-state index contributed by atoms with van der Waals surface area (Å²) < 4.78 is 0. The lowest BCUT2D eigenvalue weighted by atomic mass is 9.86. The highest BCUT2D eigenvalue weighted by atomic mass is 35.5. The Kier molecular flexibility index (Phi) is 3.29. The summed E-state index contributed by atoms with van der Waals surface area (Å²) in [5, 5.41) is 22.8. The Morgan fingerprint density at radius 1 is 1.38 bits per heavy atom. The molecule has 1 amide bonds. The van der Waals surface area contributed by atoms with Gasteiger partial charge in [-0.2, -0.15) is 5.10 Å². The Balaban J connectivity index is 1.54. The molecule has 4 atom stereocenters. The molecule has 3 N–H and O–H groups in total. The van der Waals surface area contributed by atoms with Gasteiger partial charge in [0, 0.05) is 21.9 Å². The van der Waals surface area contributed by atoms with Gasteiger partial charge < -0.3 is 10.4 Å². The second-order valence-corrected chi connectivity index (χ2v) is 8.74. The Morgan fingerprint density at radius 3 is 2.67 bits per heavy atom. The van der Waals surface area contributed by atoms with Crippen molar-refractivity contribution in [3.63, 3.8) is 0 Å². The molecule has 24 heavy (non-hydrogen) atoms. The van der Waals surface area contributed by atoms with Gasteiger partial charge in [0.05, 0.1) is 17.3 Å². The molecule has 0 aliphatic heterocycles. The van der Waals surface area contributed by atoms with Crippen molar-refractivity contribution in [1.82, 2.24) is 15.5 Å². The monoisotopic (exact) mass is 347 g/mol. The lowest BCUT2D eigenvalue weighted by Crippen LogP contribution is -2.39. The standard InChI is InChI=1S/C18H22ClN3O2/c1-17(2,3)16(23)21-15-10-6-18(24,7-11(10)15)13-4-9(19)5-14-12(13)8-20-22-14/h4-5,8,10-11,15,24H,6-7H2,1-3H3,(H,20,22)(H,21,23)/t10-,11+,15+,18-. The largest absolute Gasteiger partial charge is 0.385 e. The first-order valence-corrected chi connectivity index (χ1v) is 8.73. The smallest absolute Gasteiger partial charge is 0.225 e. The molecular formula is C18H22ClN3O2. The van der Waals surface area contributed by atoms with E-state index in [1.165, 1.54) is 0 Å². The van der Waals surface area contributed by atoms with Crippen LogP contribution in [0.3, 0.4) is 0 Å². The van der Waals surface area contributed by atoms with E-state index in [9.17, 15) is 9.90 Å². The molecule has 128 valence electrons. The summed E-state index contributed by atoms with van der Waals surface area (Å²) in [6, 6.07) is 3.85. The second-order valence-electron chi connectivity index (χ2n) is 8.30. The normalized spacial score (nSPS) is 32.0. The van der Waals surface area contributed by atoms with Gasteiger partial charge >= 0.3 is 0 Å². The van der Waals surface area contributed by atoms with Gasteiger partial charge in [0.2, 0.25) is 5.91 Å². The van der Waals surface area contributed by atoms with E-state index in [2.05, 4.69) is 15.5 Å². The summed E-state index contributed by atoms with van der Waals surface area (Å²) in [7, 11) is 0. The first-order chi connectivity index (χ1) is 11.2. The number of H-pyrrole nitrogens is 1. The topological polar surface area (TPSA) is 78.0 Å². The SMILES string of the molecule is CC(C)(C)C(=O)N[C@H]1[C@@H]2C[C@](O)(c3cc(Cl)cc4[nH]ncc34)C[C@@H]21. The minimum Gasteiger partial charge on any atom is -0.385 e. The van der Waals surface area contributed by atoms with E-state index >= 15 is 0 Å². The van der Waals surface area contributed by atoms with Crippen molar-refractivity contribution >= 4 is 28.4 Å². The molecule has 1 aromatic carbocycles. The van der Waals surface area contributed by atoms with Gasteiger partial charge in [0.15, 0.2) is 0 Å². The number of halogens is 1. The van der Waals surface area contributed by atoms with Crippen molar-refractivity contribution in [3.8, 4) is 0 Å². The average molecular weight is 348 g/mol. The number of fused-ring (bicyclic) bond motifs is 2. The predicted molar refractivity (Wildman–Crippen MR) is 92.6 cm³/mol. The average Bonchev–Trinajstić information content (AvgIpc) is 2.88. The molecule has 2 aromatic rings. The number of amides is 1. The van der Waals surface area contributed by atoms with Crippen LogP contribution >= 0.6 is 11.6 Å². The zero-order valence-electron chi connectivity index (χ0n) is 14.1. The lowest BCUT2D eigenvalue weighted by molar-refractivity contribution is -0.129. The van der Waals surface area contributed by atoms with Gasteiger partial charge in [0.1, 0.15) is 0 Å². The van der Waals surface area contributed by atoms with Crippen LogP contribution in [0.1, 0.15) is 39.2 Å². The number of nitrogens with one attached hydrogen (secondary N) is 2. The van der Waals surface area contributed by atoms with E-state index in [1.54, 1.807) is 6.20 Å². The van der Waals surface area contributed by atoms with Crippen LogP contribution in [-0.4, -0.2) is 27.3 Å².